The summed E-state index contributed by atoms with van der Waals surface area (Å²) in [6, 6.07) is 9.43. The summed E-state index contributed by atoms with van der Waals surface area (Å²) in [7, 11) is 2.82. The Labute approximate surface area is 133 Å². The molecule has 0 bridgehead atoms. The summed E-state index contributed by atoms with van der Waals surface area (Å²) in [5.41, 5.74) is 2.72. The third kappa shape index (κ3) is 2.77. The standard InChI is InChI=1S/C18H15FO4/c1-21-17-10-12(19)4-5-14(17)13-7-8-23-16-6-3-11(9-15(13)16)18(20)22-2/h3-7,9-10H,8H2,1-2H3. The number of hydrogen-bond donors (Lipinski definition) is 0. The zero-order chi connectivity index (χ0) is 16.4. The predicted octanol–water partition coefficient (Wildman–Crippen LogP) is 3.45. The molecule has 3 rings (SSSR count). The van der Waals surface area contributed by atoms with Crippen molar-refractivity contribution in [2.45, 2.75) is 0 Å². The second-order valence-corrected chi connectivity index (χ2v) is 4.98. The number of ether oxygens (including phenoxy) is 3. The summed E-state index contributed by atoms with van der Waals surface area (Å²) in [6.07, 6.45) is 1.87. The fraction of sp³-hybridized carbons (Fsp3) is 0.167. The number of halogens is 1. The van der Waals surface area contributed by atoms with Gasteiger partial charge in [0, 0.05) is 17.2 Å². The number of fused-ring (bicyclic) bond motifs is 1. The van der Waals surface area contributed by atoms with Gasteiger partial charge in [-0.15, -0.1) is 0 Å². The highest BCUT2D eigenvalue weighted by Crippen LogP contribution is 2.38. The van der Waals surface area contributed by atoms with Crippen LogP contribution in [0.3, 0.4) is 0 Å². The van der Waals surface area contributed by atoms with Crippen LogP contribution in [0.25, 0.3) is 5.57 Å². The van der Waals surface area contributed by atoms with Crippen LogP contribution in [-0.4, -0.2) is 26.8 Å². The lowest BCUT2D eigenvalue weighted by atomic mass is 9.93. The summed E-state index contributed by atoms with van der Waals surface area (Å²) >= 11 is 0. The zero-order valence-corrected chi connectivity index (χ0v) is 12.8. The molecule has 0 fully saturated rings. The minimum absolute atomic E-state index is 0.373. The number of rotatable bonds is 3. The normalized spacial score (nSPS) is 12.7. The monoisotopic (exact) mass is 314 g/mol. The van der Waals surface area contributed by atoms with Crippen molar-refractivity contribution in [3.63, 3.8) is 0 Å². The predicted molar refractivity (Wildman–Crippen MR) is 83.3 cm³/mol. The molecule has 0 spiro atoms. The van der Waals surface area contributed by atoms with Gasteiger partial charge in [-0.25, -0.2) is 9.18 Å². The van der Waals surface area contributed by atoms with Crippen LogP contribution < -0.4 is 9.47 Å². The van der Waals surface area contributed by atoms with Gasteiger partial charge in [0.25, 0.3) is 0 Å². The molecule has 5 heteroatoms. The van der Waals surface area contributed by atoms with Gasteiger partial charge in [-0.1, -0.05) is 0 Å². The van der Waals surface area contributed by atoms with E-state index in [9.17, 15) is 9.18 Å². The molecule has 23 heavy (non-hydrogen) atoms. The van der Waals surface area contributed by atoms with E-state index < -0.39 is 5.97 Å². The minimum atomic E-state index is -0.427. The third-order valence-electron chi connectivity index (χ3n) is 3.67. The van der Waals surface area contributed by atoms with Crippen LogP contribution in [0.15, 0.2) is 42.5 Å². The number of carbonyl (C=O) groups excluding carboxylic acids is 1. The third-order valence-corrected chi connectivity index (χ3v) is 3.67. The zero-order valence-electron chi connectivity index (χ0n) is 12.8. The second-order valence-electron chi connectivity index (χ2n) is 4.98. The summed E-state index contributed by atoms with van der Waals surface area (Å²) < 4.78 is 29.1. The molecule has 0 saturated heterocycles. The van der Waals surface area contributed by atoms with Crippen LogP contribution in [0.1, 0.15) is 21.5 Å². The van der Waals surface area contributed by atoms with Gasteiger partial charge in [-0.2, -0.15) is 0 Å². The van der Waals surface area contributed by atoms with Crippen LogP contribution >= 0.6 is 0 Å². The maximum absolute atomic E-state index is 13.4. The van der Waals surface area contributed by atoms with Gasteiger partial charge in [-0.3, -0.25) is 0 Å². The molecule has 0 atom stereocenters. The molecular formula is C18H15FO4. The lowest BCUT2D eigenvalue weighted by Gasteiger charge is -2.21. The molecule has 0 radical (unpaired) electrons. The van der Waals surface area contributed by atoms with Crippen LogP contribution in [0, 0.1) is 5.82 Å². The molecule has 0 amide bonds. The van der Waals surface area contributed by atoms with Crippen LogP contribution in [0.4, 0.5) is 4.39 Å². The molecule has 0 aromatic heterocycles. The van der Waals surface area contributed by atoms with Crippen LogP contribution in [0.5, 0.6) is 11.5 Å². The smallest absolute Gasteiger partial charge is 0.337 e. The topological polar surface area (TPSA) is 44.8 Å². The quantitative estimate of drug-likeness (QED) is 0.814. The molecule has 0 aliphatic carbocycles. The fourth-order valence-electron chi connectivity index (χ4n) is 2.58. The molecule has 0 unspecified atom stereocenters. The molecule has 0 N–H and O–H groups in total. The van der Waals surface area contributed by atoms with Gasteiger partial charge >= 0.3 is 5.97 Å². The Hall–Kier alpha value is -2.82. The maximum Gasteiger partial charge on any atom is 0.337 e. The average Bonchev–Trinajstić information content (AvgIpc) is 2.60. The number of esters is 1. The largest absolute Gasteiger partial charge is 0.496 e. The van der Waals surface area contributed by atoms with Crippen molar-refractivity contribution < 1.29 is 23.4 Å². The Morgan fingerprint density at radius 2 is 1.96 bits per heavy atom. The fourth-order valence-corrected chi connectivity index (χ4v) is 2.58. The summed E-state index contributed by atoms with van der Waals surface area (Å²) in [5, 5.41) is 0. The van der Waals surface area contributed by atoms with E-state index in [0.717, 1.165) is 16.7 Å². The van der Waals surface area contributed by atoms with Crippen molar-refractivity contribution in [3.8, 4) is 11.5 Å². The molecule has 118 valence electrons. The van der Waals surface area contributed by atoms with E-state index in [4.69, 9.17) is 14.2 Å². The molecule has 2 aromatic rings. The van der Waals surface area contributed by atoms with E-state index in [1.807, 2.05) is 6.08 Å². The summed E-state index contributed by atoms with van der Waals surface area (Å²) in [4.78, 5) is 11.8. The minimum Gasteiger partial charge on any atom is -0.496 e. The molecule has 1 heterocycles. The molecule has 1 aliphatic heterocycles. The first-order valence-electron chi connectivity index (χ1n) is 7.03. The van der Waals surface area contributed by atoms with Crippen molar-refractivity contribution >= 4 is 11.5 Å². The van der Waals surface area contributed by atoms with Gasteiger partial charge in [0.05, 0.1) is 19.8 Å². The highest BCUT2D eigenvalue weighted by atomic mass is 19.1. The highest BCUT2D eigenvalue weighted by Gasteiger charge is 2.20. The molecule has 4 nitrogen and oxygen atoms in total. The second kappa shape index (κ2) is 6.12. The van der Waals surface area contributed by atoms with Crippen molar-refractivity contribution in [1.82, 2.24) is 0 Å². The number of methoxy groups -OCH3 is 2. The number of hydrogen-bond acceptors (Lipinski definition) is 4. The Morgan fingerprint density at radius 1 is 1.13 bits per heavy atom. The Bertz CT molecular complexity index is 796. The summed E-state index contributed by atoms with van der Waals surface area (Å²) in [6.45, 7) is 0.389. The van der Waals surface area contributed by atoms with Crippen LogP contribution in [-0.2, 0) is 4.74 Å². The van der Waals surface area contributed by atoms with E-state index in [-0.39, 0.29) is 5.82 Å². The van der Waals surface area contributed by atoms with Crippen molar-refractivity contribution in [2.24, 2.45) is 0 Å². The maximum atomic E-state index is 13.4. The Balaban J connectivity index is 2.13. The molecular weight excluding hydrogens is 299 g/mol. The van der Waals surface area contributed by atoms with Gasteiger partial charge in [0.15, 0.2) is 0 Å². The molecule has 0 saturated carbocycles. The van der Waals surface area contributed by atoms with E-state index in [1.54, 1.807) is 24.3 Å². The Morgan fingerprint density at radius 3 is 2.70 bits per heavy atom. The highest BCUT2D eigenvalue weighted by molar-refractivity contribution is 5.93. The molecule has 2 aromatic carbocycles. The first-order chi connectivity index (χ1) is 11.1. The van der Waals surface area contributed by atoms with Gasteiger partial charge in [0.2, 0.25) is 0 Å². The van der Waals surface area contributed by atoms with Gasteiger partial charge < -0.3 is 14.2 Å². The SMILES string of the molecule is COC(=O)c1ccc2c(c1)C(c1ccc(F)cc1OC)=CCO2. The molecule has 1 aliphatic rings. The summed E-state index contributed by atoms with van der Waals surface area (Å²) in [5.74, 6) is 0.277. The van der Waals surface area contributed by atoms with Crippen molar-refractivity contribution in [2.75, 3.05) is 20.8 Å². The number of carbonyl (C=O) groups is 1. The van der Waals surface area contributed by atoms with E-state index in [0.29, 0.717) is 23.7 Å². The van der Waals surface area contributed by atoms with E-state index in [1.165, 1.54) is 26.4 Å². The lowest BCUT2D eigenvalue weighted by molar-refractivity contribution is 0.0600. The average molecular weight is 314 g/mol. The van der Waals surface area contributed by atoms with Gasteiger partial charge in [0.1, 0.15) is 23.9 Å². The lowest BCUT2D eigenvalue weighted by Crippen LogP contribution is -2.09. The first-order valence-corrected chi connectivity index (χ1v) is 7.03. The van der Waals surface area contributed by atoms with Crippen LogP contribution in [0.2, 0.25) is 0 Å². The first kappa shape index (κ1) is 15.1. The van der Waals surface area contributed by atoms with E-state index >= 15 is 0 Å². The number of benzene rings is 2. The Kier molecular flexibility index (Phi) is 4.02. The van der Waals surface area contributed by atoms with E-state index in [2.05, 4.69) is 0 Å². The van der Waals surface area contributed by atoms with Crippen molar-refractivity contribution in [1.29, 1.82) is 0 Å². The van der Waals surface area contributed by atoms with Gasteiger partial charge in [-0.05, 0) is 42.0 Å². The van der Waals surface area contributed by atoms with Crippen molar-refractivity contribution in [3.05, 3.63) is 65.0 Å².